The molecule has 0 aromatic heterocycles. The first kappa shape index (κ1) is 21.4. The number of rotatable bonds is 3. The highest BCUT2D eigenvalue weighted by Crippen LogP contribution is 2.34. The molecule has 0 saturated heterocycles. The van der Waals surface area contributed by atoms with Crippen LogP contribution in [0.1, 0.15) is 58.7 Å². The molecule has 1 aliphatic heterocycles. The van der Waals surface area contributed by atoms with Crippen LogP contribution in [-0.2, 0) is 5.41 Å². The van der Waals surface area contributed by atoms with E-state index in [2.05, 4.69) is 10.6 Å². The van der Waals surface area contributed by atoms with Crippen LogP contribution >= 0.6 is 0 Å². The number of carbonyl (C=O) groups excluding carboxylic acids is 3. The molecular formula is C21H20F3N3O3. The summed E-state index contributed by atoms with van der Waals surface area (Å²) in [6.45, 7) is 5.83. The number of nitrogens with one attached hydrogen (secondary N) is 3. The highest BCUT2D eigenvalue weighted by molar-refractivity contribution is 6.22. The molecule has 158 valence electrons. The lowest BCUT2D eigenvalue weighted by molar-refractivity contribution is -0.154. The lowest BCUT2D eigenvalue weighted by Crippen LogP contribution is -2.40. The molecule has 1 unspecified atom stereocenters. The maximum Gasteiger partial charge on any atom is 0.412 e. The van der Waals surface area contributed by atoms with Gasteiger partial charge in [0.2, 0.25) is 0 Å². The molecule has 4 amide bonds. The zero-order chi connectivity index (χ0) is 22.3. The third kappa shape index (κ3) is 4.45. The van der Waals surface area contributed by atoms with Crippen LogP contribution in [0.25, 0.3) is 0 Å². The summed E-state index contributed by atoms with van der Waals surface area (Å²) in [6, 6.07) is 6.44. The Hall–Kier alpha value is -3.36. The SMILES string of the molecule is CC(C)(C)c1ccc(C(NC(=O)Nc2ccc3c(c2)C(=O)NC3=O)C(F)(F)F)cc1. The summed E-state index contributed by atoms with van der Waals surface area (Å²) in [5.74, 6) is -1.20. The van der Waals surface area contributed by atoms with E-state index in [1.165, 1.54) is 30.3 Å². The highest BCUT2D eigenvalue weighted by atomic mass is 19.4. The summed E-state index contributed by atoms with van der Waals surface area (Å²) in [5, 5.41) is 6.30. The Bertz CT molecular complexity index is 1010. The second-order valence-electron chi connectivity index (χ2n) is 7.99. The van der Waals surface area contributed by atoms with E-state index in [9.17, 15) is 27.6 Å². The van der Waals surface area contributed by atoms with Gasteiger partial charge in [-0.1, -0.05) is 45.0 Å². The van der Waals surface area contributed by atoms with Crippen molar-refractivity contribution in [2.45, 2.75) is 38.4 Å². The van der Waals surface area contributed by atoms with Gasteiger partial charge in [0.05, 0.1) is 11.1 Å². The number of amides is 4. The second-order valence-corrected chi connectivity index (χ2v) is 7.99. The molecule has 9 heteroatoms. The zero-order valence-corrected chi connectivity index (χ0v) is 16.5. The molecule has 1 atom stereocenters. The van der Waals surface area contributed by atoms with Gasteiger partial charge in [-0.05, 0) is 34.7 Å². The molecular weight excluding hydrogens is 399 g/mol. The summed E-state index contributed by atoms with van der Waals surface area (Å²) < 4.78 is 40.7. The minimum atomic E-state index is -4.72. The van der Waals surface area contributed by atoms with E-state index in [-0.39, 0.29) is 27.8 Å². The van der Waals surface area contributed by atoms with Crippen LogP contribution in [0.2, 0.25) is 0 Å². The molecule has 30 heavy (non-hydrogen) atoms. The van der Waals surface area contributed by atoms with E-state index in [0.717, 1.165) is 5.56 Å². The van der Waals surface area contributed by atoms with Gasteiger partial charge in [0.1, 0.15) is 0 Å². The number of urea groups is 1. The van der Waals surface area contributed by atoms with Crippen LogP contribution in [-0.4, -0.2) is 24.0 Å². The number of hydrogen-bond donors (Lipinski definition) is 3. The van der Waals surface area contributed by atoms with Crippen LogP contribution in [0.15, 0.2) is 42.5 Å². The van der Waals surface area contributed by atoms with E-state index in [1.54, 1.807) is 12.1 Å². The molecule has 0 radical (unpaired) electrons. The van der Waals surface area contributed by atoms with Crippen molar-refractivity contribution in [2.75, 3.05) is 5.32 Å². The Labute approximate surface area is 170 Å². The number of benzene rings is 2. The van der Waals surface area contributed by atoms with Crippen molar-refractivity contribution in [3.05, 3.63) is 64.7 Å². The molecule has 2 aromatic carbocycles. The quantitative estimate of drug-likeness (QED) is 0.649. The van der Waals surface area contributed by atoms with Crippen molar-refractivity contribution in [1.29, 1.82) is 0 Å². The number of hydrogen-bond acceptors (Lipinski definition) is 3. The fourth-order valence-electron chi connectivity index (χ4n) is 3.07. The molecule has 0 saturated carbocycles. The van der Waals surface area contributed by atoms with Gasteiger partial charge >= 0.3 is 12.2 Å². The number of carbonyl (C=O) groups is 3. The second kappa shape index (κ2) is 7.47. The van der Waals surface area contributed by atoms with Crippen molar-refractivity contribution in [1.82, 2.24) is 10.6 Å². The monoisotopic (exact) mass is 419 g/mol. The van der Waals surface area contributed by atoms with E-state index >= 15 is 0 Å². The Balaban J connectivity index is 1.78. The van der Waals surface area contributed by atoms with Crippen LogP contribution in [0.4, 0.5) is 23.7 Å². The largest absolute Gasteiger partial charge is 0.412 e. The molecule has 0 aliphatic carbocycles. The predicted octanol–water partition coefficient (Wildman–Crippen LogP) is 4.29. The molecule has 0 bridgehead atoms. The molecule has 1 heterocycles. The topological polar surface area (TPSA) is 87.3 Å². The van der Waals surface area contributed by atoms with Gasteiger partial charge in [-0.2, -0.15) is 13.2 Å². The van der Waals surface area contributed by atoms with E-state index in [4.69, 9.17) is 0 Å². The maximum atomic E-state index is 13.6. The Kier molecular flexibility index (Phi) is 5.32. The number of fused-ring (bicyclic) bond motifs is 1. The van der Waals surface area contributed by atoms with Crippen molar-refractivity contribution in [3.8, 4) is 0 Å². The fourth-order valence-corrected chi connectivity index (χ4v) is 3.07. The third-order valence-electron chi connectivity index (χ3n) is 4.71. The van der Waals surface area contributed by atoms with Crippen molar-refractivity contribution >= 4 is 23.5 Å². The minimum absolute atomic E-state index is 0.0444. The number of anilines is 1. The van der Waals surface area contributed by atoms with Crippen LogP contribution in [0, 0.1) is 0 Å². The molecule has 6 nitrogen and oxygen atoms in total. The molecule has 3 N–H and O–H groups in total. The predicted molar refractivity (Wildman–Crippen MR) is 104 cm³/mol. The van der Waals surface area contributed by atoms with Gasteiger partial charge in [0.15, 0.2) is 6.04 Å². The molecule has 3 rings (SSSR count). The van der Waals surface area contributed by atoms with E-state index < -0.39 is 30.1 Å². The van der Waals surface area contributed by atoms with Crippen molar-refractivity contribution in [3.63, 3.8) is 0 Å². The van der Waals surface area contributed by atoms with Gasteiger partial charge in [-0.15, -0.1) is 0 Å². The number of halogens is 3. The molecule has 0 spiro atoms. The van der Waals surface area contributed by atoms with Crippen molar-refractivity contribution in [2.24, 2.45) is 0 Å². The third-order valence-corrected chi connectivity index (χ3v) is 4.71. The molecule has 0 fully saturated rings. The standard InChI is InChI=1S/C21H20F3N3O3/c1-20(2,3)12-6-4-11(5-7-12)16(21(22,23)24)26-19(30)25-13-8-9-14-15(10-13)18(29)27-17(14)28/h4-10,16H,1-3H3,(H2,25,26,30)(H,27,28,29). The van der Waals surface area contributed by atoms with Gasteiger partial charge in [-0.3, -0.25) is 14.9 Å². The number of imide groups is 1. The highest BCUT2D eigenvalue weighted by Gasteiger charge is 2.42. The average molecular weight is 419 g/mol. The number of alkyl halides is 3. The van der Waals surface area contributed by atoms with Gasteiger partial charge in [0, 0.05) is 5.69 Å². The first-order valence-electron chi connectivity index (χ1n) is 9.10. The molecule has 2 aromatic rings. The smallest absolute Gasteiger partial charge is 0.322 e. The normalized spacial score (nSPS) is 14.7. The van der Waals surface area contributed by atoms with Crippen LogP contribution < -0.4 is 16.0 Å². The Morgan fingerprint density at radius 3 is 2.10 bits per heavy atom. The summed E-state index contributed by atoms with van der Waals surface area (Å²) >= 11 is 0. The first-order chi connectivity index (χ1) is 13.9. The molecule has 1 aliphatic rings. The van der Waals surface area contributed by atoms with Gasteiger partial charge < -0.3 is 10.6 Å². The lowest BCUT2D eigenvalue weighted by atomic mass is 9.86. The summed E-state index contributed by atoms with van der Waals surface area (Å²) in [4.78, 5) is 35.5. The van der Waals surface area contributed by atoms with Crippen LogP contribution in [0.3, 0.4) is 0 Å². The van der Waals surface area contributed by atoms with E-state index in [1.807, 2.05) is 26.1 Å². The first-order valence-corrected chi connectivity index (χ1v) is 9.10. The lowest BCUT2D eigenvalue weighted by Gasteiger charge is -2.24. The maximum absolute atomic E-state index is 13.6. The van der Waals surface area contributed by atoms with Gasteiger partial charge in [-0.25, -0.2) is 4.79 Å². The van der Waals surface area contributed by atoms with Gasteiger partial charge in [0.25, 0.3) is 11.8 Å². The minimum Gasteiger partial charge on any atom is -0.322 e. The average Bonchev–Trinajstić information content (AvgIpc) is 2.92. The summed E-state index contributed by atoms with van der Waals surface area (Å²) in [6.07, 6.45) is -4.72. The Morgan fingerprint density at radius 2 is 1.53 bits per heavy atom. The summed E-state index contributed by atoms with van der Waals surface area (Å²) in [5.41, 5.74) is 0.798. The summed E-state index contributed by atoms with van der Waals surface area (Å²) in [7, 11) is 0. The Morgan fingerprint density at radius 1 is 0.933 bits per heavy atom. The van der Waals surface area contributed by atoms with Crippen LogP contribution in [0.5, 0.6) is 0 Å². The zero-order valence-electron chi connectivity index (χ0n) is 16.5. The fraction of sp³-hybridized carbons (Fsp3) is 0.286. The van der Waals surface area contributed by atoms with E-state index in [0.29, 0.717) is 0 Å². The van der Waals surface area contributed by atoms with Crippen molar-refractivity contribution < 1.29 is 27.6 Å².